The molecule has 16 heavy (non-hydrogen) atoms. The summed E-state index contributed by atoms with van der Waals surface area (Å²) in [6, 6.07) is 2.66. The predicted molar refractivity (Wildman–Crippen MR) is 58.5 cm³/mol. The Morgan fingerprint density at radius 1 is 1.50 bits per heavy atom. The van der Waals surface area contributed by atoms with Gasteiger partial charge in [0.05, 0.1) is 6.61 Å². The summed E-state index contributed by atoms with van der Waals surface area (Å²) in [5.41, 5.74) is 0.413. The quantitative estimate of drug-likeness (QED) is 0.785. The van der Waals surface area contributed by atoms with Crippen LogP contribution in [0.4, 0.5) is 4.39 Å². The molecule has 0 atom stereocenters. The van der Waals surface area contributed by atoms with Gasteiger partial charge in [0.25, 0.3) is 0 Å². The van der Waals surface area contributed by atoms with Crippen LogP contribution in [0.15, 0.2) is 12.1 Å². The molecule has 0 aromatic heterocycles. The van der Waals surface area contributed by atoms with Crippen LogP contribution in [0.3, 0.4) is 0 Å². The topological polar surface area (TPSA) is 46.5 Å². The smallest absolute Gasteiger partial charge is 0.339 e. The van der Waals surface area contributed by atoms with E-state index >= 15 is 0 Å². The summed E-state index contributed by atoms with van der Waals surface area (Å²) in [5.74, 6) is -1.94. The first-order valence-electron chi connectivity index (χ1n) is 5.23. The molecule has 0 heterocycles. The zero-order valence-electron chi connectivity index (χ0n) is 9.42. The molecule has 0 fully saturated rings. The molecule has 88 valence electrons. The summed E-state index contributed by atoms with van der Waals surface area (Å²) in [6.07, 6.45) is 1.68. The second-order valence-corrected chi connectivity index (χ2v) is 3.58. The van der Waals surface area contributed by atoms with Gasteiger partial charge in [0.1, 0.15) is 5.56 Å². The van der Waals surface area contributed by atoms with Gasteiger partial charge in [0, 0.05) is 0 Å². The number of carboxylic acids is 1. The largest absolute Gasteiger partial charge is 0.490 e. The number of carboxylic acid groups (broad SMARTS) is 1. The zero-order valence-corrected chi connectivity index (χ0v) is 9.42. The molecule has 1 aromatic rings. The average molecular weight is 226 g/mol. The molecule has 4 heteroatoms. The van der Waals surface area contributed by atoms with E-state index in [1.807, 2.05) is 6.92 Å². The number of rotatable bonds is 5. The highest BCUT2D eigenvalue weighted by atomic mass is 19.1. The molecule has 0 amide bonds. The van der Waals surface area contributed by atoms with E-state index in [0.29, 0.717) is 12.2 Å². The Hall–Kier alpha value is -1.58. The summed E-state index contributed by atoms with van der Waals surface area (Å²) in [4.78, 5) is 11.0. The molecule has 0 bridgehead atoms. The Bertz CT molecular complexity index is 388. The Labute approximate surface area is 93.9 Å². The fraction of sp³-hybridized carbons (Fsp3) is 0.417. The van der Waals surface area contributed by atoms with Crippen LogP contribution < -0.4 is 4.74 Å². The van der Waals surface area contributed by atoms with Crippen LogP contribution in [0.25, 0.3) is 0 Å². The maximum absolute atomic E-state index is 13.4. The van der Waals surface area contributed by atoms with Crippen molar-refractivity contribution in [1.82, 2.24) is 0 Å². The van der Waals surface area contributed by atoms with Crippen LogP contribution in [0.5, 0.6) is 5.75 Å². The number of unbranched alkanes of at least 4 members (excludes halogenated alkanes) is 1. The van der Waals surface area contributed by atoms with Crippen molar-refractivity contribution < 1.29 is 19.0 Å². The first-order chi connectivity index (χ1) is 7.57. The lowest BCUT2D eigenvalue weighted by molar-refractivity contribution is 0.0690. The van der Waals surface area contributed by atoms with Crippen molar-refractivity contribution in [3.8, 4) is 5.75 Å². The third-order valence-electron chi connectivity index (χ3n) is 2.28. The molecular formula is C12H15FO3. The number of hydrogen-bond donors (Lipinski definition) is 1. The van der Waals surface area contributed by atoms with Crippen LogP contribution >= 0.6 is 0 Å². The number of hydrogen-bond acceptors (Lipinski definition) is 2. The minimum Gasteiger partial charge on any atom is -0.490 e. The monoisotopic (exact) mass is 226 g/mol. The van der Waals surface area contributed by atoms with E-state index in [2.05, 4.69) is 0 Å². The van der Waals surface area contributed by atoms with Gasteiger partial charge in [-0.25, -0.2) is 9.18 Å². The van der Waals surface area contributed by atoms with Gasteiger partial charge in [-0.3, -0.25) is 0 Å². The van der Waals surface area contributed by atoms with Gasteiger partial charge in [-0.15, -0.1) is 0 Å². The molecule has 1 rings (SSSR count). The third kappa shape index (κ3) is 2.72. The minimum atomic E-state index is -1.16. The minimum absolute atomic E-state index is 0.0869. The zero-order chi connectivity index (χ0) is 12.1. The van der Waals surface area contributed by atoms with Crippen molar-refractivity contribution >= 4 is 5.97 Å². The normalized spacial score (nSPS) is 10.2. The molecule has 0 aliphatic heterocycles. The number of carbonyl (C=O) groups is 1. The third-order valence-corrected chi connectivity index (χ3v) is 2.28. The molecule has 3 nitrogen and oxygen atoms in total. The summed E-state index contributed by atoms with van der Waals surface area (Å²) in [7, 11) is 0. The van der Waals surface area contributed by atoms with Crippen LogP contribution in [0, 0.1) is 12.7 Å². The van der Waals surface area contributed by atoms with E-state index in [1.165, 1.54) is 12.1 Å². The lowest BCUT2D eigenvalue weighted by atomic mass is 10.1. The van der Waals surface area contributed by atoms with Crippen LogP contribution in [-0.4, -0.2) is 17.7 Å². The highest BCUT2D eigenvalue weighted by Crippen LogP contribution is 2.26. The summed E-state index contributed by atoms with van der Waals surface area (Å²) in [5, 5.41) is 8.98. The van der Waals surface area contributed by atoms with Crippen LogP contribution in [0.1, 0.15) is 35.7 Å². The summed E-state index contributed by atoms with van der Waals surface area (Å²) >= 11 is 0. The Morgan fingerprint density at radius 2 is 2.19 bits per heavy atom. The second-order valence-electron chi connectivity index (χ2n) is 3.58. The molecule has 0 saturated heterocycles. The SMILES string of the molecule is CCCCOc1c(F)ccc(C)c1C(=O)O. The van der Waals surface area contributed by atoms with E-state index in [0.717, 1.165) is 12.8 Å². The van der Waals surface area contributed by atoms with Gasteiger partial charge in [-0.1, -0.05) is 19.4 Å². The van der Waals surface area contributed by atoms with E-state index in [9.17, 15) is 9.18 Å². The Kier molecular flexibility index (Phi) is 4.28. The van der Waals surface area contributed by atoms with Crippen molar-refractivity contribution in [3.63, 3.8) is 0 Å². The maximum atomic E-state index is 13.4. The molecule has 0 saturated carbocycles. The number of aromatic carboxylic acids is 1. The predicted octanol–water partition coefficient (Wildman–Crippen LogP) is 3.01. The number of benzene rings is 1. The maximum Gasteiger partial charge on any atom is 0.339 e. The fourth-order valence-corrected chi connectivity index (χ4v) is 1.38. The van der Waals surface area contributed by atoms with Crippen LogP contribution in [0.2, 0.25) is 0 Å². The molecule has 0 radical (unpaired) electrons. The highest BCUT2D eigenvalue weighted by Gasteiger charge is 2.18. The van der Waals surface area contributed by atoms with Gasteiger partial charge in [0.2, 0.25) is 0 Å². The standard InChI is InChI=1S/C12H15FO3/c1-3-4-7-16-11-9(13)6-5-8(2)10(11)12(14)15/h5-6H,3-4,7H2,1-2H3,(H,14,15). The Morgan fingerprint density at radius 3 is 2.75 bits per heavy atom. The van der Waals surface area contributed by atoms with Crippen molar-refractivity contribution in [2.75, 3.05) is 6.61 Å². The van der Waals surface area contributed by atoms with Crippen molar-refractivity contribution in [3.05, 3.63) is 29.1 Å². The number of halogens is 1. The van der Waals surface area contributed by atoms with Crippen LogP contribution in [-0.2, 0) is 0 Å². The van der Waals surface area contributed by atoms with E-state index in [1.54, 1.807) is 6.92 Å². The van der Waals surface area contributed by atoms with E-state index in [4.69, 9.17) is 9.84 Å². The van der Waals surface area contributed by atoms with E-state index in [-0.39, 0.29) is 11.3 Å². The molecule has 1 aromatic carbocycles. The summed E-state index contributed by atoms with van der Waals surface area (Å²) in [6.45, 7) is 3.93. The second kappa shape index (κ2) is 5.49. The van der Waals surface area contributed by atoms with Crippen molar-refractivity contribution in [1.29, 1.82) is 0 Å². The van der Waals surface area contributed by atoms with E-state index < -0.39 is 11.8 Å². The highest BCUT2D eigenvalue weighted by molar-refractivity contribution is 5.92. The van der Waals surface area contributed by atoms with Gasteiger partial charge >= 0.3 is 5.97 Å². The van der Waals surface area contributed by atoms with Gasteiger partial charge in [-0.2, -0.15) is 0 Å². The molecule has 0 unspecified atom stereocenters. The molecule has 0 spiro atoms. The molecule has 0 aliphatic carbocycles. The molecule has 0 aliphatic rings. The van der Waals surface area contributed by atoms with Crippen molar-refractivity contribution in [2.45, 2.75) is 26.7 Å². The lowest BCUT2D eigenvalue weighted by Gasteiger charge is -2.11. The number of ether oxygens (including phenoxy) is 1. The first-order valence-corrected chi connectivity index (χ1v) is 5.23. The van der Waals surface area contributed by atoms with Crippen molar-refractivity contribution in [2.24, 2.45) is 0 Å². The van der Waals surface area contributed by atoms with Gasteiger partial charge in [-0.05, 0) is 25.0 Å². The van der Waals surface area contributed by atoms with Gasteiger partial charge in [0.15, 0.2) is 11.6 Å². The number of aryl methyl sites for hydroxylation is 1. The Balaban J connectivity index is 3.03. The van der Waals surface area contributed by atoms with Gasteiger partial charge < -0.3 is 9.84 Å². The molecular weight excluding hydrogens is 211 g/mol. The molecule has 1 N–H and O–H groups in total. The lowest BCUT2D eigenvalue weighted by Crippen LogP contribution is -2.08. The summed E-state index contributed by atoms with van der Waals surface area (Å²) < 4.78 is 18.6. The fourth-order valence-electron chi connectivity index (χ4n) is 1.38. The first kappa shape index (κ1) is 12.5. The average Bonchev–Trinajstić information content (AvgIpc) is 2.23.